The molecule has 3 rings (SSSR count). The van der Waals surface area contributed by atoms with E-state index in [1.54, 1.807) is 6.92 Å². The number of nitrogens with one attached hydrogen (secondary N) is 1. The fourth-order valence-electron chi connectivity index (χ4n) is 3.89. The summed E-state index contributed by atoms with van der Waals surface area (Å²) in [5.74, 6) is -2.68. The van der Waals surface area contributed by atoms with Gasteiger partial charge in [-0.1, -0.05) is 18.5 Å². The van der Waals surface area contributed by atoms with E-state index >= 15 is 0 Å². The average molecular weight is 483 g/mol. The van der Waals surface area contributed by atoms with Gasteiger partial charge in [0.15, 0.2) is 0 Å². The van der Waals surface area contributed by atoms with Crippen LogP contribution in [0.4, 0.5) is 18.9 Å². The molecule has 1 saturated heterocycles. The minimum absolute atomic E-state index is 0.0240. The van der Waals surface area contributed by atoms with Crippen LogP contribution in [0.1, 0.15) is 48.2 Å². The third kappa shape index (κ3) is 5.27. The number of carbonyl (C=O) groups excluding carboxylic acids is 3. The zero-order chi connectivity index (χ0) is 24.6. The first kappa shape index (κ1) is 24.5. The van der Waals surface area contributed by atoms with E-state index in [0.29, 0.717) is 12.8 Å². The van der Waals surface area contributed by atoms with E-state index in [-0.39, 0.29) is 34.3 Å². The second kappa shape index (κ2) is 9.01. The number of anilines is 1. The van der Waals surface area contributed by atoms with E-state index in [4.69, 9.17) is 17.3 Å². The number of nitrogens with zero attached hydrogens (tertiary/aromatic N) is 2. The first-order chi connectivity index (χ1) is 15.3. The Morgan fingerprint density at radius 1 is 1.21 bits per heavy atom. The molecule has 1 aromatic heterocycles. The number of hydrogen-bond acceptors (Lipinski definition) is 4. The van der Waals surface area contributed by atoms with Crippen LogP contribution in [0.5, 0.6) is 0 Å². The van der Waals surface area contributed by atoms with Gasteiger partial charge in [-0.25, -0.2) is 0 Å². The Bertz CT molecular complexity index is 1110. The highest BCUT2D eigenvalue weighted by molar-refractivity contribution is 6.39. The van der Waals surface area contributed by atoms with Gasteiger partial charge in [-0.05, 0) is 55.5 Å². The van der Waals surface area contributed by atoms with Crippen LogP contribution in [0.3, 0.4) is 0 Å². The number of pyridine rings is 1. The Morgan fingerprint density at radius 2 is 1.91 bits per heavy atom. The van der Waals surface area contributed by atoms with Crippen LogP contribution in [0.15, 0.2) is 36.7 Å². The lowest BCUT2D eigenvalue weighted by Crippen LogP contribution is -2.55. The second-order valence-electron chi connectivity index (χ2n) is 8.34. The van der Waals surface area contributed by atoms with Crippen LogP contribution in [0, 0.1) is 5.92 Å². The number of aromatic nitrogens is 1. The summed E-state index contributed by atoms with van der Waals surface area (Å²) in [5, 5.41) is 2.26. The summed E-state index contributed by atoms with van der Waals surface area (Å²) in [5.41, 5.74) is 3.38. The van der Waals surface area contributed by atoms with Crippen LogP contribution in [0.2, 0.25) is 5.02 Å². The van der Waals surface area contributed by atoms with E-state index < -0.39 is 35.0 Å². The predicted octanol–water partition coefficient (Wildman–Crippen LogP) is 3.97. The summed E-state index contributed by atoms with van der Waals surface area (Å²) in [7, 11) is 0. The highest BCUT2D eigenvalue weighted by Gasteiger charge is 2.44. The van der Waals surface area contributed by atoms with Gasteiger partial charge in [0, 0.05) is 17.8 Å². The normalized spacial score (nSPS) is 20.9. The fourth-order valence-corrected chi connectivity index (χ4v) is 4.12. The number of benzene rings is 1. The first-order valence-electron chi connectivity index (χ1n) is 10.1. The Hall–Kier alpha value is -3.14. The molecule has 11 heteroatoms. The van der Waals surface area contributed by atoms with E-state index in [9.17, 15) is 27.6 Å². The number of halogens is 4. The SMILES string of the molecule is C[C@H]1CC[C@@](C)(c2cc(Cl)cc(C(F)(F)F)c2)N(C(=O)C(=O)Nc2cncc(C(N)=O)c2)C1. The van der Waals surface area contributed by atoms with Gasteiger partial charge >= 0.3 is 18.0 Å². The van der Waals surface area contributed by atoms with Crippen LogP contribution in [-0.4, -0.2) is 34.2 Å². The number of rotatable bonds is 3. The molecule has 0 saturated carbocycles. The molecule has 0 bridgehead atoms. The Labute approximate surface area is 193 Å². The van der Waals surface area contributed by atoms with Crippen molar-refractivity contribution in [2.75, 3.05) is 11.9 Å². The van der Waals surface area contributed by atoms with Crippen molar-refractivity contribution < 1.29 is 27.6 Å². The molecule has 2 heterocycles. The van der Waals surface area contributed by atoms with Crippen molar-refractivity contribution in [1.29, 1.82) is 0 Å². The predicted molar refractivity (Wildman–Crippen MR) is 115 cm³/mol. The van der Waals surface area contributed by atoms with E-state index in [2.05, 4.69) is 10.3 Å². The summed E-state index contributed by atoms with van der Waals surface area (Å²) < 4.78 is 40.1. The Morgan fingerprint density at radius 3 is 2.55 bits per heavy atom. The van der Waals surface area contributed by atoms with Gasteiger partial charge in [0.05, 0.1) is 28.6 Å². The van der Waals surface area contributed by atoms with Crippen LogP contribution in [-0.2, 0) is 21.3 Å². The molecule has 0 aliphatic carbocycles. The molecule has 0 spiro atoms. The van der Waals surface area contributed by atoms with Crippen molar-refractivity contribution in [2.24, 2.45) is 11.7 Å². The lowest BCUT2D eigenvalue weighted by Gasteiger charge is -2.47. The maximum absolute atomic E-state index is 13.4. The maximum atomic E-state index is 13.4. The molecule has 176 valence electrons. The van der Waals surface area contributed by atoms with E-state index in [1.807, 2.05) is 6.92 Å². The van der Waals surface area contributed by atoms with Crippen LogP contribution < -0.4 is 11.1 Å². The number of carbonyl (C=O) groups is 3. The second-order valence-corrected chi connectivity index (χ2v) is 8.78. The van der Waals surface area contributed by atoms with Crippen molar-refractivity contribution in [2.45, 2.75) is 38.4 Å². The zero-order valence-electron chi connectivity index (χ0n) is 17.9. The van der Waals surface area contributed by atoms with E-state index in [1.165, 1.54) is 29.4 Å². The van der Waals surface area contributed by atoms with Crippen molar-refractivity contribution in [1.82, 2.24) is 9.88 Å². The molecule has 0 unspecified atom stereocenters. The molecule has 1 fully saturated rings. The Kier molecular flexibility index (Phi) is 6.69. The monoisotopic (exact) mass is 482 g/mol. The van der Waals surface area contributed by atoms with Crippen molar-refractivity contribution in [3.05, 3.63) is 58.4 Å². The van der Waals surface area contributed by atoms with Gasteiger partial charge in [-0.3, -0.25) is 19.4 Å². The summed E-state index contributed by atoms with van der Waals surface area (Å²) >= 11 is 5.98. The molecule has 1 aliphatic rings. The summed E-state index contributed by atoms with van der Waals surface area (Å²) in [6.45, 7) is 3.67. The minimum Gasteiger partial charge on any atom is -0.366 e. The molecule has 33 heavy (non-hydrogen) atoms. The maximum Gasteiger partial charge on any atom is 0.416 e. The number of alkyl halides is 3. The number of hydrogen-bond donors (Lipinski definition) is 2. The smallest absolute Gasteiger partial charge is 0.366 e. The molecule has 3 N–H and O–H groups in total. The van der Waals surface area contributed by atoms with Gasteiger partial charge in [0.1, 0.15) is 0 Å². The molecule has 2 atom stereocenters. The number of amides is 3. The first-order valence-corrected chi connectivity index (χ1v) is 10.4. The molecular weight excluding hydrogens is 461 g/mol. The van der Waals surface area contributed by atoms with Gasteiger partial charge in [0.25, 0.3) is 0 Å². The fraction of sp³-hybridized carbons (Fsp3) is 0.364. The van der Waals surface area contributed by atoms with Crippen LogP contribution in [0.25, 0.3) is 0 Å². The van der Waals surface area contributed by atoms with E-state index in [0.717, 1.165) is 12.1 Å². The number of likely N-dealkylation sites (tertiary alicyclic amines) is 1. The molecule has 3 amide bonds. The average Bonchev–Trinajstić information content (AvgIpc) is 2.74. The molecule has 7 nitrogen and oxygen atoms in total. The quantitative estimate of drug-likeness (QED) is 0.646. The van der Waals surface area contributed by atoms with Gasteiger partial charge in [-0.2, -0.15) is 13.2 Å². The third-order valence-electron chi connectivity index (χ3n) is 5.78. The summed E-state index contributed by atoms with van der Waals surface area (Å²) in [6.07, 6.45) is -1.20. The van der Waals surface area contributed by atoms with Crippen molar-refractivity contribution >= 4 is 35.0 Å². The van der Waals surface area contributed by atoms with Crippen molar-refractivity contribution in [3.63, 3.8) is 0 Å². The van der Waals surface area contributed by atoms with Crippen LogP contribution >= 0.6 is 11.6 Å². The summed E-state index contributed by atoms with van der Waals surface area (Å²) in [6, 6.07) is 4.42. The molecule has 1 aromatic carbocycles. The van der Waals surface area contributed by atoms with Gasteiger partial charge in [0.2, 0.25) is 5.91 Å². The van der Waals surface area contributed by atoms with Gasteiger partial charge in [-0.15, -0.1) is 0 Å². The Balaban J connectivity index is 1.95. The minimum atomic E-state index is -4.62. The standard InChI is InChI=1S/C22H22ClF3N4O3/c1-12-3-4-21(2,14-6-15(22(24,25)26)8-16(23)7-14)30(11-12)20(33)19(32)29-17-5-13(18(27)31)9-28-10-17/h5-10,12H,3-4,11H2,1-2H3,(H2,27,31)(H,29,32)/t12-,21-/m0/s1. The highest BCUT2D eigenvalue weighted by atomic mass is 35.5. The van der Waals surface area contributed by atoms with Gasteiger partial charge < -0.3 is 16.0 Å². The molecule has 2 aromatic rings. The molecule has 1 aliphatic heterocycles. The summed E-state index contributed by atoms with van der Waals surface area (Å²) in [4.78, 5) is 42.3. The number of nitrogens with two attached hydrogens (primary N) is 1. The third-order valence-corrected chi connectivity index (χ3v) is 6.00. The lowest BCUT2D eigenvalue weighted by molar-refractivity contribution is -0.150. The molecular formula is C22H22ClF3N4O3. The van der Waals surface area contributed by atoms with Crippen molar-refractivity contribution in [3.8, 4) is 0 Å². The highest BCUT2D eigenvalue weighted by Crippen LogP contribution is 2.42. The number of primary amides is 1. The zero-order valence-corrected chi connectivity index (χ0v) is 18.6. The molecule has 0 radical (unpaired) electrons. The largest absolute Gasteiger partial charge is 0.416 e. The number of piperidine rings is 1. The topological polar surface area (TPSA) is 105 Å². The lowest BCUT2D eigenvalue weighted by atomic mass is 9.78.